The molecule has 0 saturated carbocycles. The molecular formula is C11H9ClN2O2S. The number of hydrogen-bond acceptors (Lipinski definition) is 5. The monoisotopic (exact) mass is 268 g/mol. The van der Waals surface area contributed by atoms with E-state index in [-0.39, 0.29) is 6.79 Å². The van der Waals surface area contributed by atoms with Crippen LogP contribution < -0.4 is 14.8 Å². The number of nitrogens with one attached hydrogen (secondary N) is 1. The van der Waals surface area contributed by atoms with Crippen molar-refractivity contribution in [3.63, 3.8) is 0 Å². The highest BCUT2D eigenvalue weighted by molar-refractivity contribution is 7.18. The first-order valence-electron chi connectivity index (χ1n) is 5.01. The average Bonchev–Trinajstić information content (AvgIpc) is 2.97. The zero-order valence-electron chi connectivity index (χ0n) is 8.99. The summed E-state index contributed by atoms with van der Waals surface area (Å²) in [7, 11) is 1.84. The van der Waals surface area contributed by atoms with Gasteiger partial charge in [0, 0.05) is 13.2 Å². The van der Waals surface area contributed by atoms with Crippen molar-refractivity contribution in [1.82, 2.24) is 4.98 Å². The summed E-state index contributed by atoms with van der Waals surface area (Å²) >= 11 is 7.69. The highest BCUT2D eigenvalue weighted by Crippen LogP contribution is 2.43. The largest absolute Gasteiger partial charge is 0.454 e. The molecule has 1 N–H and O–H groups in total. The molecule has 0 fully saturated rings. The Hall–Kier alpha value is -1.46. The van der Waals surface area contributed by atoms with Crippen LogP contribution in [0.15, 0.2) is 18.3 Å². The number of benzene rings is 1. The van der Waals surface area contributed by atoms with E-state index in [1.54, 1.807) is 11.3 Å². The lowest BCUT2D eigenvalue weighted by Gasteiger charge is -2.02. The van der Waals surface area contributed by atoms with E-state index in [2.05, 4.69) is 10.3 Å². The number of anilines is 1. The summed E-state index contributed by atoms with van der Waals surface area (Å²) in [6.45, 7) is 0.225. The zero-order chi connectivity index (χ0) is 11.8. The fraction of sp³-hybridized carbons (Fsp3) is 0.182. The van der Waals surface area contributed by atoms with Crippen molar-refractivity contribution in [2.45, 2.75) is 0 Å². The molecule has 88 valence electrons. The summed E-state index contributed by atoms with van der Waals surface area (Å²) < 4.78 is 10.6. The smallest absolute Gasteiger partial charge is 0.231 e. The molecule has 0 atom stereocenters. The van der Waals surface area contributed by atoms with Gasteiger partial charge >= 0.3 is 0 Å². The number of rotatable bonds is 2. The minimum absolute atomic E-state index is 0.225. The van der Waals surface area contributed by atoms with Gasteiger partial charge in [0.2, 0.25) is 6.79 Å². The minimum atomic E-state index is 0.225. The van der Waals surface area contributed by atoms with Gasteiger partial charge in [-0.1, -0.05) is 22.9 Å². The van der Waals surface area contributed by atoms with Gasteiger partial charge in [0.15, 0.2) is 16.6 Å². The zero-order valence-corrected chi connectivity index (χ0v) is 10.6. The normalized spacial score (nSPS) is 12.8. The van der Waals surface area contributed by atoms with Crippen LogP contribution >= 0.6 is 22.9 Å². The molecule has 2 aromatic rings. The predicted octanol–water partition coefficient (Wildman–Crippen LogP) is 3.23. The first-order valence-corrected chi connectivity index (χ1v) is 6.20. The maximum Gasteiger partial charge on any atom is 0.231 e. The lowest BCUT2D eigenvalue weighted by atomic mass is 10.2. The van der Waals surface area contributed by atoms with Gasteiger partial charge in [0.05, 0.1) is 9.90 Å². The van der Waals surface area contributed by atoms with Gasteiger partial charge in [-0.15, -0.1) is 0 Å². The highest BCUT2D eigenvalue weighted by atomic mass is 35.5. The number of nitrogens with zero attached hydrogens (tertiary/aromatic N) is 1. The number of ether oxygens (including phenoxy) is 2. The van der Waals surface area contributed by atoms with Crippen LogP contribution in [0, 0.1) is 0 Å². The van der Waals surface area contributed by atoms with Gasteiger partial charge in [-0.25, -0.2) is 4.98 Å². The van der Waals surface area contributed by atoms with Crippen molar-refractivity contribution in [1.29, 1.82) is 0 Å². The van der Waals surface area contributed by atoms with Crippen LogP contribution in [0.1, 0.15) is 0 Å². The summed E-state index contributed by atoms with van der Waals surface area (Å²) in [5.41, 5.74) is 0.984. The number of fused-ring (bicyclic) bond motifs is 1. The molecule has 17 heavy (non-hydrogen) atoms. The number of thiazole rings is 1. The SMILES string of the molecule is CNc1ncc(-c2cc(Cl)c3c(c2)OCO3)s1. The number of aromatic nitrogens is 1. The van der Waals surface area contributed by atoms with E-state index >= 15 is 0 Å². The number of hydrogen-bond donors (Lipinski definition) is 1. The average molecular weight is 269 g/mol. The third-order valence-electron chi connectivity index (χ3n) is 2.43. The van der Waals surface area contributed by atoms with E-state index in [1.165, 1.54) is 0 Å². The molecule has 0 amide bonds. The van der Waals surface area contributed by atoms with E-state index in [0.29, 0.717) is 16.5 Å². The van der Waals surface area contributed by atoms with E-state index in [1.807, 2.05) is 25.4 Å². The van der Waals surface area contributed by atoms with Crippen LogP contribution in [0.4, 0.5) is 5.13 Å². The van der Waals surface area contributed by atoms with Gasteiger partial charge in [0.1, 0.15) is 0 Å². The molecule has 1 aliphatic rings. The summed E-state index contributed by atoms with van der Waals surface area (Å²) in [6.07, 6.45) is 1.81. The lowest BCUT2D eigenvalue weighted by molar-refractivity contribution is 0.174. The Morgan fingerprint density at radius 2 is 2.29 bits per heavy atom. The second kappa shape index (κ2) is 4.09. The van der Waals surface area contributed by atoms with Gasteiger partial charge in [0.25, 0.3) is 0 Å². The van der Waals surface area contributed by atoms with Crippen molar-refractivity contribution in [3.05, 3.63) is 23.4 Å². The van der Waals surface area contributed by atoms with Crippen LogP contribution in [0.3, 0.4) is 0 Å². The Morgan fingerprint density at radius 1 is 1.41 bits per heavy atom. The van der Waals surface area contributed by atoms with Crippen LogP contribution in [0.2, 0.25) is 5.02 Å². The Bertz CT molecular complexity index is 571. The number of halogens is 1. The molecule has 0 spiro atoms. The first-order chi connectivity index (χ1) is 8.28. The van der Waals surface area contributed by atoms with Gasteiger partial charge in [-0.05, 0) is 17.7 Å². The van der Waals surface area contributed by atoms with Crippen LogP contribution in [0.5, 0.6) is 11.5 Å². The maximum absolute atomic E-state index is 6.13. The summed E-state index contributed by atoms with van der Waals surface area (Å²) in [6, 6.07) is 3.78. The Labute approximate surface area is 107 Å². The third kappa shape index (κ3) is 1.81. The maximum atomic E-state index is 6.13. The van der Waals surface area contributed by atoms with Gasteiger partial charge < -0.3 is 14.8 Å². The highest BCUT2D eigenvalue weighted by Gasteiger charge is 2.19. The molecule has 0 aliphatic carbocycles. The lowest BCUT2D eigenvalue weighted by Crippen LogP contribution is -1.93. The van der Waals surface area contributed by atoms with E-state index in [9.17, 15) is 0 Å². The van der Waals surface area contributed by atoms with Crippen molar-refractivity contribution in [2.24, 2.45) is 0 Å². The van der Waals surface area contributed by atoms with Gasteiger partial charge in [-0.3, -0.25) is 0 Å². The molecule has 4 nitrogen and oxygen atoms in total. The van der Waals surface area contributed by atoms with E-state index < -0.39 is 0 Å². The molecule has 0 radical (unpaired) electrons. The summed E-state index contributed by atoms with van der Waals surface area (Å²) in [5.74, 6) is 1.31. The van der Waals surface area contributed by atoms with Crippen LogP contribution in [-0.4, -0.2) is 18.8 Å². The Morgan fingerprint density at radius 3 is 3.06 bits per heavy atom. The summed E-state index contributed by atoms with van der Waals surface area (Å²) in [5, 5.41) is 4.44. The molecule has 2 heterocycles. The van der Waals surface area contributed by atoms with Crippen molar-refractivity contribution in [3.8, 4) is 21.9 Å². The molecule has 1 aromatic heterocycles. The van der Waals surface area contributed by atoms with Crippen molar-refractivity contribution >= 4 is 28.1 Å². The topological polar surface area (TPSA) is 43.4 Å². The first kappa shape index (κ1) is 10.7. The Kier molecular flexibility index (Phi) is 2.57. The molecule has 0 saturated heterocycles. The van der Waals surface area contributed by atoms with Crippen molar-refractivity contribution < 1.29 is 9.47 Å². The fourth-order valence-corrected chi connectivity index (χ4v) is 2.65. The Balaban J connectivity index is 2.06. The quantitative estimate of drug-likeness (QED) is 0.908. The molecule has 1 aliphatic heterocycles. The third-order valence-corrected chi connectivity index (χ3v) is 3.78. The molecule has 0 bridgehead atoms. The predicted molar refractivity (Wildman–Crippen MR) is 68.2 cm³/mol. The molecule has 0 unspecified atom stereocenters. The second-order valence-corrected chi connectivity index (χ2v) is 4.91. The van der Waals surface area contributed by atoms with E-state index in [0.717, 1.165) is 15.6 Å². The molecule has 6 heteroatoms. The molecule has 3 rings (SSSR count). The molecular weight excluding hydrogens is 260 g/mol. The molecule has 1 aromatic carbocycles. The summed E-state index contributed by atoms with van der Waals surface area (Å²) in [4.78, 5) is 5.26. The van der Waals surface area contributed by atoms with E-state index in [4.69, 9.17) is 21.1 Å². The fourth-order valence-electron chi connectivity index (χ4n) is 1.63. The van der Waals surface area contributed by atoms with Crippen LogP contribution in [0.25, 0.3) is 10.4 Å². The minimum Gasteiger partial charge on any atom is -0.454 e. The van der Waals surface area contributed by atoms with Crippen molar-refractivity contribution in [2.75, 3.05) is 19.2 Å². The standard InChI is InChI=1S/C11H9ClN2O2S/c1-13-11-14-4-9(17-11)6-2-7(12)10-8(3-6)15-5-16-10/h2-4H,5H2,1H3,(H,13,14). The second-order valence-electron chi connectivity index (χ2n) is 3.47. The van der Waals surface area contributed by atoms with Gasteiger partial charge in [-0.2, -0.15) is 0 Å². The van der Waals surface area contributed by atoms with Crippen LogP contribution in [-0.2, 0) is 0 Å².